The summed E-state index contributed by atoms with van der Waals surface area (Å²) in [7, 11) is 0. The molecule has 2 atom stereocenters. The number of carbonyl (C=O) groups is 2. The van der Waals surface area contributed by atoms with Crippen LogP contribution in [0.3, 0.4) is 0 Å². The van der Waals surface area contributed by atoms with Gasteiger partial charge in [0.1, 0.15) is 5.60 Å². The van der Waals surface area contributed by atoms with Gasteiger partial charge in [-0.15, -0.1) is 0 Å². The van der Waals surface area contributed by atoms with Crippen molar-refractivity contribution in [2.75, 3.05) is 13.1 Å². The Morgan fingerprint density at radius 3 is 2.14 bits per heavy atom. The van der Waals surface area contributed by atoms with Gasteiger partial charge >= 0.3 is 12.1 Å². The van der Waals surface area contributed by atoms with E-state index < -0.39 is 5.60 Å². The summed E-state index contributed by atoms with van der Waals surface area (Å²) in [6.45, 7) is 7.43. The van der Waals surface area contributed by atoms with Crippen LogP contribution in [0.4, 0.5) is 9.59 Å². The molecule has 22 heavy (non-hydrogen) atoms. The minimum Gasteiger partial charge on any atom is -0.444 e. The highest BCUT2D eigenvalue weighted by atomic mass is 16.6. The Balaban J connectivity index is 1.56. The topological polar surface area (TPSA) is 61.9 Å². The Labute approximate surface area is 132 Å². The minimum atomic E-state index is -0.459. The van der Waals surface area contributed by atoms with Crippen molar-refractivity contribution in [3.8, 4) is 0 Å². The van der Waals surface area contributed by atoms with Crippen LogP contribution in [0.2, 0.25) is 0 Å². The van der Waals surface area contributed by atoms with Crippen LogP contribution in [0.1, 0.15) is 52.9 Å². The second kappa shape index (κ2) is 5.63. The Kier molecular flexibility index (Phi) is 3.95. The summed E-state index contributed by atoms with van der Waals surface area (Å²) >= 11 is 0. The van der Waals surface area contributed by atoms with Crippen molar-refractivity contribution in [3.63, 3.8) is 0 Å². The van der Waals surface area contributed by atoms with E-state index in [0.717, 1.165) is 45.2 Å². The van der Waals surface area contributed by atoms with Crippen molar-refractivity contribution >= 4 is 12.1 Å². The second-order valence-corrected chi connectivity index (χ2v) is 7.73. The van der Waals surface area contributed by atoms with Gasteiger partial charge in [-0.2, -0.15) is 0 Å². The van der Waals surface area contributed by atoms with Crippen LogP contribution in [-0.2, 0) is 4.74 Å². The molecule has 3 amide bonds. The van der Waals surface area contributed by atoms with Crippen molar-refractivity contribution in [2.45, 2.75) is 76.6 Å². The first-order valence-corrected chi connectivity index (χ1v) is 8.40. The molecule has 0 spiro atoms. The first-order chi connectivity index (χ1) is 10.3. The lowest BCUT2D eigenvalue weighted by Gasteiger charge is -2.40. The van der Waals surface area contributed by atoms with Gasteiger partial charge in [0.2, 0.25) is 0 Å². The molecule has 0 aliphatic carbocycles. The van der Waals surface area contributed by atoms with E-state index in [2.05, 4.69) is 5.32 Å². The van der Waals surface area contributed by atoms with E-state index in [1.807, 2.05) is 30.6 Å². The minimum absolute atomic E-state index is 0.0568. The molecule has 2 bridgehead atoms. The number of hydrogen-bond donors (Lipinski definition) is 1. The molecule has 3 aliphatic heterocycles. The predicted octanol–water partition coefficient (Wildman–Crippen LogP) is 2.33. The van der Waals surface area contributed by atoms with Gasteiger partial charge in [0.25, 0.3) is 0 Å². The number of rotatable bonds is 1. The number of amides is 3. The highest BCUT2D eigenvalue weighted by Crippen LogP contribution is 2.36. The van der Waals surface area contributed by atoms with Crippen LogP contribution >= 0.6 is 0 Å². The van der Waals surface area contributed by atoms with Crippen molar-refractivity contribution in [2.24, 2.45) is 0 Å². The first kappa shape index (κ1) is 15.4. The molecule has 2 unspecified atom stereocenters. The molecule has 3 fully saturated rings. The fraction of sp³-hybridized carbons (Fsp3) is 0.875. The zero-order valence-electron chi connectivity index (χ0n) is 13.8. The number of likely N-dealkylation sites (tertiary alicyclic amines) is 1. The quantitative estimate of drug-likeness (QED) is 0.808. The molecule has 0 radical (unpaired) electrons. The maximum atomic E-state index is 12.4. The van der Waals surface area contributed by atoms with Gasteiger partial charge in [-0.05, 0) is 52.9 Å². The summed E-state index contributed by atoms with van der Waals surface area (Å²) in [5, 5.41) is 3.14. The van der Waals surface area contributed by atoms with E-state index in [1.54, 1.807) is 0 Å². The zero-order chi connectivity index (χ0) is 15.9. The summed E-state index contributed by atoms with van der Waals surface area (Å²) in [5.74, 6) is 0. The molecular formula is C16H27N3O3. The average Bonchev–Trinajstić information content (AvgIpc) is 2.57. The van der Waals surface area contributed by atoms with Gasteiger partial charge in [-0.1, -0.05) is 0 Å². The monoisotopic (exact) mass is 309 g/mol. The second-order valence-electron chi connectivity index (χ2n) is 7.73. The summed E-state index contributed by atoms with van der Waals surface area (Å²) in [4.78, 5) is 28.2. The van der Waals surface area contributed by atoms with E-state index in [4.69, 9.17) is 4.74 Å². The SMILES string of the molecule is CC(C)(C)OC(=O)N1C2CCC1CC(NC(=O)N1CCC1)C2. The lowest BCUT2D eigenvalue weighted by atomic mass is 9.98. The molecule has 0 saturated carbocycles. The molecule has 6 nitrogen and oxygen atoms in total. The van der Waals surface area contributed by atoms with Crippen LogP contribution in [0.15, 0.2) is 0 Å². The number of carbonyl (C=O) groups excluding carboxylic acids is 2. The van der Waals surface area contributed by atoms with Gasteiger partial charge < -0.3 is 19.9 Å². The average molecular weight is 309 g/mol. The highest BCUT2D eigenvalue weighted by Gasteiger charge is 2.45. The number of nitrogens with one attached hydrogen (secondary N) is 1. The van der Waals surface area contributed by atoms with Crippen LogP contribution in [-0.4, -0.2) is 58.7 Å². The number of fused-ring (bicyclic) bond motifs is 2. The van der Waals surface area contributed by atoms with Crippen molar-refractivity contribution in [1.29, 1.82) is 0 Å². The number of hydrogen-bond acceptors (Lipinski definition) is 3. The fourth-order valence-corrected chi connectivity index (χ4v) is 3.69. The highest BCUT2D eigenvalue weighted by molar-refractivity contribution is 5.75. The van der Waals surface area contributed by atoms with E-state index in [0.29, 0.717) is 0 Å². The first-order valence-electron chi connectivity index (χ1n) is 8.40. The van der Waals surface area contributed by atoms with E-state index in [1.165, 1.54) is 0 Å². The standard InChI is InChI=1S/C16H27N3O3/c1-16(2,3)22-15(21)19-12-5-6-13(19)10-11(9-12)17-14(20)18-7-4-8-18/h11-13H,4-10H2,1-3H3,(H,17,20). The number of piperidine rings is 1. The van der Waals surface area contributed by atoms with E-state index in [-0.39, 0.29) is 30.2 Å². The normalized spacial score (nSPS) is 30.8. The molecular weight excluding hydrogens is 282 g/mol. The van der Waals surface area contributed by atoms with Crippen LogP contribution in [0.25, 0.3) is 0 Å². The maximum Gasteiger partial charge on any atom is 0.410 e. The Hall–Kier alpha value is -1.46. The molecule has 0 aromatic rings. The lowest BCUT2D eigenvalue weighted by molar-refractivity contribution is 0.00500. The molecule has 3 aliphatic rings. The third-order valence-electron chi connectivity index (χ3n) is 4.81. The largest absolute Gasteiger partial charge is 0.444 e. The van der Waals surface area contributed by atoms with E-state index >= 15 is 0 Å². The molecule has 0 aromatic heterocycles. The Bertz CT molecular complexity index is 442. The summed E-state index contributed by atoms with van der Waals surface area (Å²) in [6, 6.07) is 0.649. The van der Waals surface area contributed by atoms with Crippen molar-refractivity contribution in [3.05, 3.63) is 0 Å². The van der Waals surface area contributed by atoms with Crippen LogP contribution in [0, 0.1) is 0 Å². The van der Waals surface area contributed by atoms with Crippen LogP contribution < -0.4 is 5.32 Å². The molecule has 3 saturated heterocycles. The molecule has 124 valence electrons. The Morgan fingerprint density at radius 1 is 1.09 bits per heavy atom. The predicted molar refractivity (Wildman–Crippen MR) is 82.6 cm³/mol. The van der Waals surface area contributed by atoms with Crippen LogP contribution in [0.5, 0.6) is 0 Å². The third-order valence-corrected chi connectivity index (χ3v) is 4.81. The van der Waals surface area contributed by atoms with Gasteiger partial charge in [-0.25, -0.2) is 9.59 Å². The number of urea groups is 1. The third kappa shape index (κ3) is 3.15. The number of nitrogens with zero attached hydrogens (tertiary/aromatic N) is 2. The lowest BCUT2D eigenvalue weighted by Crippen LogP contribution is -2.56. The molecule has 6 heteroatoms. The molecule has 3 heterocycles. The Morgan fingerprint density at radius 2 is 1.68 bits per heavy atom. The number of ether oxygens (including phenoxy) is 1. The summed E-state index contributed by atoms with van der Waals surface area (Å²) in [5.41, 5.74) is -0.459. The fourth-order valence-electron chi connectivity index (χ4n) is 3.69. The van der Waals surface area contributed by atoms with E-state index in [9.17, 15) is 9.59 Å². The molecule has 3 rings (SSSR count). The van der Waals surface area contributed by atoms with Gasteiger partial charge in [0, 0.05) is 31.2 Å². The molecule has 1 N–H and O–H groups in total. The molecule has 0 aromatic carbocycles. The summed E-state index contributed by atoms with van der Waals surface area (Å²) < 4.78 is 5.53. The van der Waals surface area contributed by atoms with Gasteiger partial charge in [0.15, 0.2) is 0 Å². The smallest absolute Gasteiger partial charge is 0.410 e. The van der Waals surface area contributed by atoms with Crippen molar-refractivity contribution < 1.29 is 14.3 Å². The summed E-state index contributed by atoms with van der Waals surface area (Å²) in [6.07, 6.45) is 4.62. The van der Waals surface area contributed by atoms with Gasteiger partial charge in [-0.3, -0.25) is 0 Å². The maximum absolute atomic E-state index is 12.4. The van der Waals surface area contributed by atoms with Gasteiger partial charge in [0.05, 0.1) is 0 Å². The van der Waals surface area contributed by atoms with Crippen molar-refractivity contribution in [1.82, 2.24) is 15.1 Å². The zero-order valence-corrected chi connectivity index (χ0v) is 13.8.